The van der Waals surface area contributed by atoms with Crippen molar-refractivity contribution < 1.29 is 27.6 Å². The number of aromatic nitrogens is 2. The van der Waals surface area contributed by atoms with Crippen LogP contribution in [0.5, 0.6) is 0 Å². The van der Waals surface area contributed by atoms with Gasteiger partial charge in [0.15, 0.2) is 11.5 Å². The predicted molar refractivity (Wildman–Crippen MR) is 158 cm³/mol. The number of anilines is 1. The number of rotatable bonds is 6. The number of amidine groups is 1. The van der Waals surface area contributed by atoms with Crippen molar-refractivity contribution in [1.29, 1.82) is 0 Å². The average Bonchev–Trinajstić information content (AvgIpc) is 3.62. The smallest absolute Gasteiger partial charge is 0.307 e. The second-order valence-corrected chi connectivity index (χ2v) is 10.7. The summed E-state index contributed by atoms with van der Waals surface area (Å²) in [5.41, 5.74) is 1.96. The zero-order chi connectivity index (χ0) is 31.9. The first kappa shape index (κ1) is 29.6. The molecule has 0 saturated heterocycles. The lowest BCUT2D eigenvalue weighted by atomic mass is 9.99. The Bertz CT molecular complexity index is 1890. The second kappa shape index (κ2) is 11.5. The summed E-state index contributed by atoms with van der Waals surface area (Å²) in [4.78, 5) is 44.9. The topological polar surface area (TPSA) is 125 Å². The summed E-state index contributed by atoms with van der Waals surface area (Å²) in [7, 11) is 3.96. The van der Waals surface area contributed by atoms with Crippen molar-refractivity contribution in [2.45, 2.75) is 19.1 Å². The van der Waals surface area contributed by atoms with Gasteiger partial charge in [-0.25, -0.2) is 14.3 Å². The molecule has 0 bridgehead atoms. The third kappa shape index (κ3) is 5.87. The number of amides is 5. The molecule has 0 spiro atoms. The van der Waals surface area contributed by atoms with Crippen LogP contribution in [0.3, 0.4) is 0 Å². The Kier molecular flexibility index (Phi) is 7.58. The van der Waals surface area contributed by atoms with E-state index in [0.29, 0.717) is 5.69 Å². The molecule has 0 atom stereocenters. The van der Waals surface area contributed by atoms with E-state index >= 15 is 0 Å². The monoisotopic (exact) mass is 614 g/mol. The Hall–Kier alpha value is -5.50. The number of halogens is 3. The summed E-state index contributed by atoms with van der Waals surface area (Å²) in [6, 6.07) is 19.3. The molecule has 6 rings (SSSR count). The van der Waals surface area contributed by atoms with Crippen LogP contribution >= 0.6 is 0 Å². The van der Waals surface area contributed by atoms with E-state index in [4.69, 9.17) is 0 Å². The Morgan fingerprint density at radius 2 is 1.71 bits per heavy atom. The minimum atomic E-state index is -4.85. The highest BCUT2D eigenvalue weighted by molar-refractivity contribution is 6.10. The highest BCUT2D eigenvalue weighted by atomic mass is 19.4. The third-order valence-electron chi connectivity index (χ3n) is 7.26. The van der Waals surface area contributed by atoms with Crippen LogP contribution < -0.4 is 5.32 Å². The van der Waals surface area contributed by atoms with Gasteiger partial charge in [-0.1, -0.05) is 53.6 Å². The maximum absolute atomic E-state index is 14.0. The normalized spacial score (nSPS) is 14.6. The van der Waals surface area contributed by atoms with Gasteiger partial charge in [-0.3, -0.25) is 9.69 Å². The van der Waals surface area contributed by atoms with Crippen LogP contribution in [0.2, 0.25) is 0 Å². The highest BCUT2D eigenvalue weighted by Gasteiger charge is 2.44. The summed E-state index contributed by atoms with van der Waals surface area (Å²) in [5, 5.41) is 13.4. The molecule has 3 heterocycles. The molecule has 11 nitrogen and oxygen atoms in total. The maximum Gasteiger partial charge on any atom is 0.435 e. The molecular weight excluding hydrogens is 589 g/mol. The molecule has 0 radical (unpaired) electrons. The number of fused-ring (bicyclic) bond motifs is 1. The number of alkyl halides is 3. The number of aliphatic imine (C=N–C) groups is 1. The first-order valence-electron chi connectivity index (χ1n) is 13.8. The lowest BCUT2D eigenvalue weighted by Gasteiger charge is -2.26. The molecule has 0 unspecified atom stereocenters. The van der Waals surface area contributed by atoms with Crippen molar-refractivity contribution in [2.75, 3.05) is 26.0 Å². The van der Waals surface area contributed by atoms with Crippen LogP contribution in [-0.2, 0) is 19.1 Å². The van der Waals surface area contributed by atoms with E-state index in [9.17, 15) is 27.6 Å². The lowest BCUT2D eigenvalue weighted by Crippen LogP contribution is -2.45. The van der Waals surface area contributed by atoms with Gasteiger partial charge in [-0.15, -0.1) is 5.11 Å². The fourth-order valence-corrected chi connectivity index (χ4v) is 5.30. The van der Waals surface area contributed by atoms with Crippen molar-refractivity contribution in [2.24, 2.45) is 15.2 Å². The number of carbonyl (C=O) groups is 3. The minimum absolute atomic E-state index is 0.0292. The first-order valence-corrected chi connectivity index (χ1v) is 13.8. The van der Waals surface area contributed by atoms with E-state index < -0.39 is 29.8 Å². The second-order valence-electron chi connectivity index (χ2n) is 10.7. The fourth-order valence-electron chi connectivity index (χ4n) is 5.30. The van der Waals surface area contributed by atoms with Crippen molar-refractivity contribution in [3.63, 3.8) is 0 Å². The molecule has 1 aromatic heterocycles. The van der Waals surface area contributed by atoms with Crippen LogP contribution in [0.25, 0.3) is 16.8 Å². The summed E-state index contributed by atoms with van der Waals surface area (Å²) in [6.07, 6.45) is -5.10. The highest BCUT2D eigenvalue weighted by Crippen LogP contribution is 2.36. The molecule has 45 heavy (non-hydrogen) atoms. The van der Waals surface area contributed by atoms with Crippen LogP contribution in [0.4, 0.5) is 28.4 Å². The number of nitrogens with zero attached hydrogens (tertiary/aromatic N) is 7. The molecule has 2 aliphatic rings. The van der Waals surface area contributed by atoms with Gasteiger partial charge in [-0.05, 0) is 61.5 Å². The van der Waals surface area contributed by atoms with Gasteiger partial charge in [0.2, 0.25) is 0 Å². The van der Waals surface area contributed by atoms with Crippen molar-refractivity contribution in [3.05, 3.63) is 101 Å². The number of azo groups is 1. The van der Waals surface area contributed by atoms with Crippen molar-refractivity contribution in [3.8, 4) is 16.8 Å². The summed E-state index contributed by atoms with van der Waals surface area (Å²) < 4.78 is 42.9. The maximum atomic E-state index is 14.0. The van der Waals surface area contributed by atoms with Crippen LogP contribution in [0.15, 0.2) is 88.0 Å². The van der Waals surface area contributed by atoms with Crippen molar-refractivity contribution in [1.82, 2.24) is 19.6 Å². The molecule has 228 valence electrons. The van der Waals surface area contributed by atoms with Crippen LogP contribution in [-0.4, -0.2) is 64.0 Å². The Morgan fingerprint density at radius 3 is 2.40 bits per heavy atom. The van der Waals surface area contributed by atoms with Gasteiger partial charge in [0, 0.05) is 29.9 Å². The number of imide groups is 1. The zero-order valence-corrected chi connectivity index (χ0v) is 24.0. The van der Waals surface area contributed by atoms with Gasteiger partial charge < -0.3 is 10.2 Å². The molecule has 4 aromatic rings. The molecule has 0 fully saturated rings. The summed E-state index contributed by atoms with van der Waals surface area (Å²) in [5.74, 6) is -0.970. The van der Waals surface area contributed by atoms with E-state index in [0.717, 1.165) is 32.8 Å². The van der Waals surface area contributed by atoms with E-state index in [2.05, 4.69) is 30.5 Å². The molecule has 1 N–H and O–H groups in total. The van der Waals surface area contributed by atoms with Crippen LogP contribution in [0, 0.1) is 0 Å². The summed E-state index contributed by atoms with van der Waals surface area (Å²) in [6.45, 7) is 0.464. The number of urea groups is 2. The molecule has 3 aromatic carbocycles. The van der Waals surface area contributed by atoms with E-state index in [-0.39, 0.29) is 41.3 Å². The van der Waals surface area contributed by atoms with Gasteiger partial charge in [-0.2, -0.15) is 23.3 Å². The predicted octanol–water partition coefficient (Wildman–Crippen LogP) is 6.18. The van der Waals surface area contributed by atoms with Gasteiger partial charge >= 0.3 is 18.2 Å². The number of carbonyl (C=O) groups excluding carboxylic acids is 3. The largest absolute Gasteiger partial charge is 0.435 e. The Morgan fingerprint density at radius 1 is 0.956 bits per heavy atom. The zero-order valence-electron chi connectivity index (χ0n) is 24.0. The molecule has 2 aliphatic heterocycles. The van der Waals surface area contributed by atoms with E-state index in [1.54, 1.807) is 12.1 Å². The van der Waals surface area contributed by atoms with Crippen LogP contribution in [0.1, 0.15) is 32.9 Å². The van der Waals surface area contributed by atoms with Gasteiger partial charge in [0.1, 0.15) is 5.69 Å². The number of hydrogen-bond donors (Lipinski definition) is 1. The van der Waals surface area contributed by atoms with E-state index in [1.807, 2.05) is 50.5 Å². The number of benzene rings is 3. The molecule has 0 saturated carbocycles. The first-order chi connectivity index (χ1) is 21.5. The number of hydrogen-bond acceptors (Lipinski definition) is 6. The minimum Gasteiger partial charge on any atom is -0.307 e. The quantitative estimate of drug-likeness (QED) is 0.278. The Balaban J connectivity index is 1.28. The molecular formula is C31H25F3N8O3. The Labute approximate surface area is 254 Å². The third-order valence-corrected chi connectivity index (χ3v) is 7.26. The van der Waals surface area contributed by atoms with Gasteiger partial charge in [0.25, 0.3) is 5.91 Å². The lowest BCUT2D eigenvalue weighted by molar-refractivity contribution is -0.142. The molecule has 0 aliphatic carbocycles. The van der Waals surface area contributed by atoms with Gasteiger partial charge in [0.05, 0.1) is 5.69 Å². The molecule has 5 amide bonds. The van der Waals surface area contributed by atoms with Crippen molar-refractivity contribution >= 4 is 29.5 Å². The fraction of sp³-hybridized carbons (Fsp3) is 0.194. The van der Waals surface area contributed by atoms with E-state index in [1.165, 1.54) is 24.3 Å². The molecule has 14 heteroatoms. The number of nitrogens with one attached hydrogen (secondary N) is 1. The average molecular weight is 615 g/mol. The summed E-state index contributed by atoms with van der Waals surface area (Å²) >= 11 is 0. The standard InChI is InChI=1S/C31H25F3N8O3/c1-40(2)17-20-6-3-4-9-23(20)18-10-12-21(13-11-18)35-30(45)41-15-14-24-25(28(41)43)42(39-26(24)31(32,33)34)22-8-5-7-19(16-22)27-36-29(44)38-37-27/h3-13,16H,14-15,17H2,1-2H3,(H,35,45). The SMILES string of the molecule is CN(C)Cc1ccccc1-c1ccc(NC(=O)N2CCc3c(C(F)(F)F)nn(-c4cccc(C5=NC(=O)N=N5)c4)c3C2=O)cc1.